The van der Waals surface area contributed by atoms with E-state index < -0.39 is 0 Å². The molecule has 5 heteroatoms. The van der Waals surface area contributed by atoms with Crippen molar-refractivity contribution in [3.8, 4) is 17.2 Å². The first kappa shape index (κ1) is 15.1. The van der Waals surface area contributed by atoms with E-state index in [-0.39, 0.29) is 5.78 Å². The van der Waals surface area contributed by atoms with Crippen LogP contribution < -0.4 is 14.2 Å². The fourth-order valence-electron chi connectivity index (χ4n) is 1.87. The van der Waals surface area contributed by atoms with Crippen LogP contribution >= 0.6 is 11.3 Å². The predicted octanol–water partition coefficient (Wildman–Crippen LogP) is 3.67. The first-order chi connectivity index (χ1) is 10.2. The topological polar surface area (TPSA) is 44.8 Å². The Balaban J connectivity index is 2.30. The Bertz CT molecular complexity index is 619. The van der Waals surface area contributed by atoms with Crippen molar-refractivity contribution in [3.63, 3.8) is 0 Å². The summed E-state index contributed by atoms with van der Waals surface area (Å²) in [7, 11) is 4.67. The number of ether oxygens (including phenoxy) is 3. The van der Waals surface area contributed by atoms with Crippen LogP contribution in [0.3, 0.4) is 0 Å². The van der Waals surface area contributed by atoms with Crippen LogP contribution in [0.1, 0.15) is 15.2 Å². The SMILES string of the molecule is COc1cc(/C=C\C(=O)c2cccs2)cc(OC)c1OC. The van der Waals surface area contributed by atoms with Crippen molar-refractivity contribution >= 4 is 23.2 Å². The Labute approximate surface area is 127 Å². The molecule has 2 aromatic rings. The van der Waals surface area contributed by atoms with Crippen LogP contribution in [0.4, 0.5) is 0 Å². The standard InChI is InChI=1S/C16H16O4S/c1-18-13-9-11(10-14(19-2)16(13)20-3)6-7-12(17)15-5-4-8-21-15/h4-10H,1-3H3/b7-6-. The van der Waals surface area contributed by atoms with Crippen molar-refractivity contribution in [2.24, 2.45) is 0 Å². The van der Waals surface area contributed by atoms with E-state index in [2.05, 4.69) is 0 Å². The van der Waals surface area contributed by atoms with Crippen LogP contribution in [0, 0.1) is 0 Å². The van der Waals surface area contributed by atoms with E-state index in [0.29, 0.717) is 22.1 Å². The quantitative estimate of drug-likeness (QED) is 0.603. The second-order valence-electron chi connectivity index (χ2n) is 4.13. The van der Waals surface area contributed by atoms with Gasteiger partial charge in [-0.3, -0.25) is 4.79 Å². The third-order valence-corrected chi connectivity index (χ3v) is 3.76. The highest BCUT2D eigenvalue weighted by molar-refractivity contribution is 7.12. The third-order valence-electron chi connectivity index (χ3n) is 2.88. The molecule has 0 unspecified atom stereocenters. The summed E-state index contributed by atoms with van der Waals surface area (Å²) in [4.78, 5) is 12.7. The zero-order valence-corrected chi connectivity index (χ0v) is 12.9. The molecule has 0 radical (unpaired) electrons. The molecule has 0 aliphatic carbocycles. The Kier molecular flexibility index (Phi) is 5.00. The molecule has 0 bridgehead atoms. The zero-order chi connectivity index (χ0) is 15.2. The molecule has 0 N–H and O–H groups in total. The number of thiophene rings is 1. The van der Waals surface area contributed by atoms with E-state index in [0.717, 1.165) is 5.56 Å². The molecule has 0 atom stereocenters. The molecule has 0 aliphatic heterocycles. The number of hydrogen-bond acceptors (Lipinski definition) is 5. The average molecular weight is 304 g/mol. The van der Waals surface area contributed by atoms with Gasteiger partial charge in [0.2, 0.25) is 5.75 Å². The summed E-state index contributed by atoms with van der Waals surface area (Å²) in [5.74, 6) is 1.61. The van der Waals surface area contributed by atoms with E-state index in [9.17, 15) is 4.79 Å². The molecule has 0 spiro atoms. The zero-order valence-electron chi connectivity index (χ0n) is 12.1. The van der Waals surface area contributed by atoms with Crippen molar-refractivity contribution < 1.29 is 19.0 Å². The number of ketones is 1. The highest BCUT2D eigenvalue weighted by Crippen LogP contribution is 2.38. The maximum absolute atomic E-state index is 11.9. The van der Waals surface area contributed by atoms with Crippen LogP contribution in [0.25, 0.3) is 6.08 Å². The maximum atomic E-state index is 11.9. The maximum Gasteiger partial charge on any atom is 0.203 e. The lowest BCUT2D eigenvalue weighted by atomic mass is 10.1. The predicted molar refractivity (Wildman–Crippen MR) is 83.8 cm³/mol. The van der Waals surface area contributed by atoms with Crippen molar-refractivity contribution in [1.29, 1.82) is 0 Å². The number of benzene rings is 1. The van der Waals surface area contributed by atoms with E-state index in [1.54, 1.807) is 45.6 Å². The van der Waals surface area contributed by atoms with E-state index in [1.165, 1.54) is 17.4 Å². The first-order valence-electron chi connectivity index (χ1n) is 6.25. The molecule has 1 aromatic carbocycles. The summed E-state index contributed by atoms with van der Waals surface area (Å²) in [6, 6.07) is 7.23. The minimum Gasteiger partial charge on any atom is -0.493 e. The highest BCUT2D eigenvalue weighted by atomic mass is 32.1. The van der Waals surface area contributed by atoms with Gasteiger partial charge in [-0.05, 0) is 35.2 Å². The number of carbonyl (C=O) groups is 1. The van der Waals surface area contributed by atoms with Crippen molar-refractivity contribution in [2.45, 2.75) is 0 Å². The van der Waals surface area contributed by atoms with Gasteiger partial charge in [-0.25, -0.2) is 0 Å². The van der Waals surface area contributed by atoms with E-state index in [4.69, 9.17) is 14.2 Å². The smallest absolute Gasteiger partial charge is 0.203 e. The first-order valence-corrected chi connectivity index (χ1v) is 7.13. The Hall–Kier alpha value is -2.27. The molecular formula is C16H16O4S. The van der Waals surface area contributed by atoms with Gasteiger partial charge in [-0.1, -0.05) is 12.1 Å². The summed E-state index contributed by atoms with van der Waals surface area (Å²) < 4.78 is 15.8. The number of methoxy groups -OCH3 is 3. The van der Waals surface area contributed by atoms with Gasteiger partial charge in [0.1, 0.15) is 0 Å². The summed E-state index contributed by atoms with van der Waals surface area (Å²) in [5.41, 5.74) is 0.800. The Morgan fingerprint density at radius 1 is 1.10 bits per heavy atom. The number of carbonyl (C=O) groups excluding carboxylic acids is 1. The van der Waals surface area contributed by atoms with Gasteiger partial charge in [0.15, 0.2) is 17.3 Å². The number of rotatable bonds is 6. The second-order valence-corrected chi connectivity index (χ2v) is 5.08. The fourth-order valence-corrected chi connectivity index (χ4v) is 2.52. The van der Waals surface area contributed by atoms with Gasteiger partial charge in [0, 0.05) is 0 Å². The summed E-state index contributed by atoms with van der Waals surface area (Å²) >= 11 is 1.42. The molecule has 0 fully saturated rings. The summed E-state index contributed by atoms with van der Waals surface area (Å²) in [5, 5.41) is 1.88. The largest absolute Gasteiger partial charge is 0.493 e. The van der Waals surface area contributed by atoms with Crippen LogP contribution in [0.2, 0.25) is 0 Å². The molecule has 0 aliphatic rings. The molecule has 0 saturated carbocycles. The number of hydrogen-bond donors (Lipinski definition) is 0. The lowest BCUT2D eigenvalue weighted by Gasteiger charge is -2.12. The van der Waals surface area contributed by atoms with Crippen molar-refractivity contribution in [2.75, 3.05) is 21.3 Å². The molecular weight excluding hydrogens is 288 g/mol. The van der Waals surface area contributed by atoms with Gasteiger partial charge in [-0.2, -0.15) is 0 Å². The molecule has 2 rings (SSSR count). The van der Waals surface area contributed by atoms with Gasteiger partial charge < -0.3 is 14.2 Å². The third kappa shape index (κ3) is 3.44. The fraction of sp³-hybridized carbons (Fsp3) is 0.188. The lowest BCUT2D eigenvalue weighted by molar-refractivity contribution is 0.105. The molecule has 110 valence electrons. The molecule has 0 amide bonds. The normalized spacial score (nSPS) is 10.6. The molecule has 4 nitrogen and oxygen atoms in total. The minimum absolute atomic E-state index is 0.0289. The van der Waals surface area contributed by atoms with E-state index >= 15 is 0 Å². The summed E-state index contributed by atoms with van der Waals surface area (Å²) in [6.07, 6.45) is 3.26. The second kappa shape index (κ2) is 6.95. The highest BCUT2D eigenvalue weighted by Gasteiger charge is 2.12. The summed E-state index contributed by atoms with van der Waals surface area (Å²) in [6.45, 7) is 0. The van der Waals surface area contributed by atoms with Gasteiger partial charge >= 0.3 is 0 Å². The van der Waals surface area contributed by atoms with Crippen LogP contribution in [0.15, 0.2) is 35.7 Å². The lowest BCUT2D eigenvalue weighted by Crippen LogP contribution is -1.96. The Morgan fingerprint density at radius 2 is 1.76 bits per heavy atom. The van der Waals surface area contributed by atoms with Gasteiger partial charge in [0.25, 0.3) is 0 Å². The monoisotopic (exact) mass is 304 g/mol. The van der Waals surface area contributed by atoms with Crippen LogP contribution in [0.5, 0.6) is 17.2 Å². The molecule has 21 heavy (non-hydrogen) atoms. The molecule has 1 aromatic heterocycles. The van der Waals surface area contributed by atoms with Crippen LogP contribution in [-0.4, -0.2) is 27.1 Å². The molecule has 1 heterocycles. The van der Waals surface area contributed by atoms with E-state index in [1.807, 2.05) is 11.4 Å². The molecule has 0 saturated heterocycles. The Morgan fingerprint density at radius 3 is 2.24 bits per heavy atom. The van der Waals surface area contributed by atoms with Crippen molar-refractivity contribution in [3.05, 3.63) is 46.2 Å². The van der Waals surface area contributed by atoms with Gasteiger partial charge in [0.05, 0.1) is 26.2 Å². The van der Waals surface area contributed by atoms with Gasteiger partial charge in [-0.15, -0.1) is 11.3 Å². The average Bonchev–Trinajstić information content (AvgIpc) is 3.05. The number of allylic oxidation sites excluding steroid dienone is 1. The van der Waals surface area contributed by atoms with Crippen LogP contribution in [-0.2, 0) is 0 Å². The van der Waals surface area contributed by atoms with Crippen molar-refractivity contribution in [1.82, 2.24) is 0 Å². The minimum atomic E-state index is -0.0289.